The van der Waals surface area contributed by atoms with Crippen molar-refractivity contribution in [3.05, 3.63) is 47.5 Å². The number of pyridine rings is 1. The molecule has 4 nitrogen and oxygen atoms in total. The van der Waals surface area contributed by atoms with Gasteiger partial charge in [0.2, 0.25) is 0 Å². The lowest BCUT2D eigenvalue weighted by Gasteiger charge is -1.98. The summed E-state index contributed by atoms with van der Waals surface area (Å²) in [5, 5.41) is 4.03. The van der Waals surface area contributed by atoms with Gasteiger partial charge in [-0.3, -0.25) is 14.5 Å². The van der Waals surface area contributed by atoms with Crippen LogP contribution in [0.25, 0.3) is 0 Å². The Kier molecular flexibility index (Phi) is 2.81. The Morgan fingerprint density at radius 3 is 2.75 bits per heavy atom. The molecule has 4 heteroatoms. The zero-order valence-corrected chi connectivity index (χ0v) is 9.34. The van der Waals surface area contributed by atoms with E-state index in [9.17, 15) is 4.79 Å². The van der Waals surface area contributed by atoms with Crippen LogP contribution in [0.5, 0.6) is 0 Å². The molecule has 0 aliphatic heterocycles. The molecule has 0 atom stereocenters. The summed E-state index contributed by atoms with van der Waals surface area (Å²) in [6.45, 7) is 1.90. The molecule has 0 aromatic carbocycles. The number of carbonyl (C=O) groups is 1. The molecule has 2 rings (SSSR count). The highest BCUT2D eigenvalue weighted by atomic mass is 16.1. The molecular formula is C12H13N3O. The van der Waals surface area contributed by atoms with Gasteiger partial charge in [-0.25, -0.2) is 0 Å². The van der Waals surface area contributed by atoms with E-state index in [4.69, 9.17) is 0 Å². The first kappa shape index (κ1) is 10.5. The minimum absolute atomic E-state index is 0.0699. The monoisotopic (exact) mass is 215 g/mol. The average molecular weight is 215 g/mol. The molecule has 16 heavy (non-hydrogen) atoms. The summed E-state index contributed by atoms with van der Waals surface area (Å²) in [5.74, 6) is 0.0699. The lowest BCUT2D eigenvalue weighted by Crippen LogP contribution is -2.03. The van der Waals surface area contributed by atoms with Gasteiger partial charge in [-0.2, -0.15) is 5.10 Å². The number of rotatable bonds is 3. The molecule has 2 aromatic rings. The smallest absolute Gasteiger partial charge is 0.168 e. The summed E-state index contributed by atoms with van der Waals surface area (Å²) in [6.07, 6.45) is 5.55. The van der Waals surface area contributed by atoms with E-state index in [0.29, 0.717) is 12.0 Å². The van der Waals surface area contributed by atoms with Crippen molar-refractivity contribution >= 4 is 5.78 Å². The largest absolute Gasteiger partial charge is 0.294 e. The third-order valence-corrected chi connectivity index (χ3v) is 2.36. The fraction of sp³-hybridized carbons (Fsp3) is 0.250. The van der Waals surface area contributed by atoms with Gasteiger partial charge >= 0.3 is 0 Å². The predicted octanol–water partition coefficient (Wildman–Crippen LogP) is 1.55. The Morgan fingerprint density at radius 1 is 1.38 bits per heavy atom. The van der Waals surface area contributed by atoms with E-state index in [0.717, 1.165) is 11.3 Å². The van der Waals surface area contributed by atoms with Crippen molar-refractivity contribution in [3.8, 4) is 0 Å². The fourth-order valence-corrected chi connectivity index (χ4v) is 1.48. The Bertz CT molecular complexity index is 499. The zero-order chi connectivity index (χ0) is 11.5. The van der Waals surface area contributed by atoms with Crippen molar-refractivity contribution in [1.82, 2.24) is 14.8 Å². The van der Waals surface area contributed by atoms with Crippen molar-refractivity contribution in [2.24, 2.45) is 7.05 Å². The Hall–Kier alpha value is -1.97. The minimum Gasteiger partial charge on any atom is -0.294 e. The van der Waals surface area contributed by atoms with E-state index in [2.05, 4.69) is 10.1 Å². The van der Waals surface area contributed by atoms with E-state index in [1.807, 2.05) is 26.2 Å². The van der Waals surface area contributed by atoms with E-state index in [1.54, 1.807) is 23.1 Å². The van der Waals surface area contributed by atoms with Gasteiger partial charge in [-0.1, -0.05) is 0 Å². The van der Waals surface area contributed by atoms with Crippen LogP contribution in [-0.2, 0) is 13.5 Å². The van der Waals surface area contributed by atoms with Crippen molar-refractivity contribution in [1.29, 1.82) is 0 Å². The number of ketones is 1. The summed E-state index contributed by atoms with van der Waals surface area (Å²) in [4.78, 5) is 16.0. The molecule has 0 fully saturated rings. The molecule has 82 valence electrons. The van der Waals surface area contributed by atoms with Crippen LogP contribution in [0.15, 0.2) is 30.7 Å². The zero-order valence-electron chi connectivity index (χ0n) is 9.34. The molecule has 0 aliphatic carbocycles. The van der Waals surface area contributed by atoms with Crippen LogP contribution in [0, 0.1) is 6.92 Å². The van der Waals surface area contributed by atoms with Gasteiger partial charge < -0.3 is 0 Å². The number of hydrogen-bond acceptors (Lipinski definition) is 3. The molecule has 0 N–H and O–H groups in total. The number of aromatic nitrogens is 3. The number of carbonyl (C=O) groups excluding carboxylic acids is 1. The SMILES string of the molecule is Cc1ccc(C(=O)Cc2cnn(C)c2)cn1. The van der Waals surface area contributed by atoms with Gasteiger partial charge in [0.15, 0.2) is 5.78 Å². The molecule has 0 unspecified atom stereocenters. The second-order valence-electron chi connectivity index (χ2n) is 3.81. The van der Waals surface area contributed by atoms with Crippen LogP contribution >= 0.6 is 0 Å². The molecule has 0 radical (unpaired) electrons. The van der Waals surface area contributed by atoms with Crippen LogP contribution in [-0.4, -0.2) is 20.5 Å². The van der Waals surface area contributed by atoms with E-state index in [-0.39, 0.29) is 5.78 Å². The highest BCUT2D eigenvalue weighted by Crippen LogP contribution is 2.06. The topological polar surface area (TPSA) is 47.8 Å². The molecule has 0 bridgehead atoms. The third kappa shape index (κ3) is 2.34. The molecule has 0 saturated carbocycles. The number of hydrogen-bond donors (Lipinski definition) is 0. The standard InChI is InChI=1S/C12H13N3O/c1-9-3-4-11(7-13-9)12(16)5-10-6-14-15(2)8-10/h3-4,6-8H,5H2,1-2H3. The first-order valence-electron chi connectivity index (χ1n) is 5.08. The van der Waals surface area contributed by atoms with Gasteiger partial charge in [-0.05, 0) is 24.6 Å². The van der Waals surface area contributed by atoms with Crippen LogP contribution in [0.4, 0.5) is 0 Å². The first-order valence-corrected chi connectivity index (χ1v) is 5.08. The molecule has 0 spiro atoms. The van der Waals surface area contributed by atoms with E-state index in [1.165, 1.54) is 0 Å². The summed E-state index contributed by atoms with van der Waals surface area (Å²) >= 11 is 0. The summed E-state index contributed by atoms with van der Waals surface area (Å²) in [6, 6.07) is 3.65. The maximum atomic E-state index is 11.9. The number of aryl methyl sites for hydroxylation is 2. The summed E-state index contributed by atoms with van der Waals surface area (Å²) in [5.41, 5.74) is 2.49. The van der Waals surface area contributed by atoms with Crippen LogP contribution < -0.4 is 0 Å². The Morgan fingerprint density at radius 2 is 2.19 bits per heavy atom. The highest BCUT2D eigenvalue weighted by Gasteiger charge is 2.08. The molecule has 2 aromatic heterocycles. The van der Waals surface area contributed by atoms with Crippen LogP contribution in [0.2, 0.25) is 0 Å². The lowest BCUT2D eigenvalue weighted by atomic mass is 10.1. The second kappa shape index (κ2) is 4.26. The summed E-state index contributed by atoms with van der Waals surface area (Å²) in [7, 11) is 1.83. The molecular weight excluding hydrogens is 202 g/mol. The highest BCUT2D eigenvalue weighted by molar-refractivity contribution is 5.97. The fourth-order valence-electron chi connectivity index (χ4n) is 1.48. The number of nitrogens with zero attached hydrogens (tertiary/aromatic N) is 3. The Labute approximate surface area is 93.9 Å². The van der Waals surface area contributed by atoms with E-state index >= 15 is 0 Å². The van der Waals surface area contributed by atoms with Gasteiger partial charge in [0.1, 0.15) is 0 Å². The van der Waals surface area contributed by atoms with Gasteiger partial charge in [0.25, 0.3) is 0 Å². The minimum atomic E-state index is 0.0699. The van der Waals surface area contributed by atoms with Crippen molar-refractivity contribution in [2.75, 3.05) is 0 Å². The molecule has 0 amide bonds. The normalized spacial score (nSPS) is 10.4. The Balaban J connectivity index is 2.11. The first-order chi connectivity index (χ1) is 7.65. The van der Waals surface area contributed by atoms with Crippen LogP contribution in [0.1, 0.15) is 21.6 Å². The lowest BCUT2D eigenvalue weighted by molar-refractivity contribution is 0.0992. The second-order valence-corrected chi connectivity index (χ2v) is 3.81. The summed E-state index contributed by atoms with van der Waals surface area (Å²) < 4.78 is 1.69. The molecule has 0 saturated heterocycles. The van der Waals surface area contributed by atoms with Crippen molar-refractivity contribution < 1.29 is 4.79 Å². The number of Topliss-reactive ketones (excluding diaryl/α,β-unsaturated/α-hetero) is 1. The van der Waals surface area contributed by atoms with Crippen LogP contribution in [0.3, 0.4) is 0 Å². The van der Waals surface area contributed by atoms with Gasteiger partial charge in [0, 0.05) is 37.1 Å². The average Bonchev–Trinajstić information content (AvgIpc) is 2.65. The maximum absolute atomic E-state index is 11.9. The molecule has 0 aliphatic rings. The third-order valence-electron chi connectivity index (χ3n) is 2.36. The van der Waals surface area contributed by atoms with Crippen molar-refractivity contribution in [2.45, 2.75) is 13.3 Å². The van der Waals surface area contributed by atoms with Crippen molar-refractivity contribution in [3.63, 3.8) is 0 Å². The van der Waals surface area contributed by atoms with Gasteiger partial charge in [0.05, 0.1) is 6.20 Å². The van der Waals surface area contributed by atoms with Gasteiger partial charge in [-0.15, -0.1) is 0 Å². The molecule has 2 heterocycles. The maximum Gasteiger partial charge on any atom is 0.168 e. The predicted molar refractivity (Wildman–Crippen MR) is 60.2 cm³/mol. The van der Waals surface area contributed by atoms with E-state index < -0.39 is 0 Å². The quantitative estimate of drug-likeness (QED) is 0.730.